The lowest BCUT2D eigenvalue weighted by molar-refractivity contribution is 0.102. The number of nitrogen functional groups attached to an aromatic ring is 1. The van der Waals surface area contributed by atoms with Crippen LogP contribution in [0.5, 0.6) is 0 Å². The standard InChI is InChI=1S/C29H30N8O4/c30-27-26(28(38)36-24-17-31-10-9-25(24)37-12-14-40-15-13-37)35-23(18-34-27)22-7-6-20(16-33-22)8-11-32-29(39)41-19-21-4-2-1-3-5-21/h1-7,9-10,16-18H,8,11-15,19H2,(H2,30,34)(H,32,39)(H,36,38). The number of hydrogen-bond acceptors (Lipinski definition) is 10. The van der Waals surface area contributed by atoms with Gasteiger partial charge in [-0.3, -0.25) is 14.8 Å². The van der Waals surface area contributed by atoms with Crippen molar-refractivity contribution in [3.63, 3.8) is 0 Å². The first-order valence-electron chi connectivity index (χ1n) is 13.2. The second-order valence-electron chi connectivity index (χ2n) is 9.23. The molecule has 12 nitrogen and oxygen atoms in total. The number of rotatable bonds is 9. The number of nitrogens with two attached hydrogens (primary N) is 1. The van der Waals surface area contributed by atoms with Gasteiger partial charge in [0.25, 0.3) is 5.91 Å². The number of aromatic nitrogens is 4. The Morgan fingerprint density at radius 1 is 0.951 bits per heavy atom. The highest BCUT2D eigenvalue weighted by atomic mass is 16.5. The fraction of sp³-hybridized carbons (Fsp3) is 0.241. The highest BCUT2D eigenvalue weighted by Crippen LogP contribution is 2.26. The summed E-state index contributed by atoms with van der Waals surface area (Å²) in [6.07, 6.45) is 6.51. The summed E-state index contributed by atoms with van der Waals surface area (Å²) in [6, 6.07) is 15.0. The van der Waals surface area contributed by atoms with Crippen LogP contribution in [0.2, 0.25) is 0 Å². The number of carbonyl (C=O) groups excluding carboxylic acids is 2. The quantitative estimate of drug-likeness (QED) is 0.281. The number of carbonyl (C=O) groups is 2. The van der Waals surface area contributed by atoms with Gasteiger partial charge in [0.15, 0.2) is 11.5 Å². The van der Waals surface area contributed by atoms with Gasteiger partial charge in [0.05, 0.1) is 42.7 Å². The molecule has 4 N–H and O–H groups in total. The zero-order valence-corrected chi connectivity index (χ0v) is 22.3. The molecule has 0 saturated carbocycles. The molecule has 41 heavy (non-hydrogen) atoms. The van der Waals surface area contributed by atoms with E-state index in [-0.39, 0.29) is 18.1 Å². The van der Waals surface area contributed by atoms with Gasteiger partial charge in [-0.15, -0.1) is 0 Å². The van der Waals surface area contributed by atoms with Crippen LogP contribution >= 0.6 is 0 Å². The van der Waals surface area contributed by atoms with Gasteiger partial charge in [-0.2, -0.15) is 0 Å². The van der Waals surface area contributed by atoms with Crippen molar-refractivity contribution in [2.75, 3.05) is 48.8 Å². The summed E-state index contributed by atoms with van der Waals surface area (Å²) in [5, 5.41) is 5.61. The zero-order valence-electron chi connectivity index (χ0n) is 22.3. The third-order valence-corrected chi connectivity index (χ3v) is 6.40. The lowest BCUT2D eigenvalue weighted by Gasteiger charge is -2.30. The van der Waals surface area contributed by atoms with Crippen LogP contribution in [-0.2, 0) is 22.5 Å². The van der Waals surface area contributed by atoms with Crippen LogP contribution in [-0.4, -0.2) is 64.8 Å². The van der Waals surface area contributed by atoms with Gasteiger partial charge in [0.1, 0.15) is 12.3 Å². The fourth-order valence-corrected chi connectivity index (χ4v) is 4.24. The zero-order chi connectivity index (χ0) is 28.4. The summed E-state index contributed by atoms with van der Waals surface area (Å²) in [5.74, 6) is -0.494. The second kappa shape index (κ2) is 13.3. The van der Waals surface area contributed by atoms with E-state index in [0.29, 0.717) is 56.3 Å². The number of anilines is 3. The van der Waals surface area contributed by atoms with E-state index in [1.54, 1.807) is 24.7 Å². The highest BCUT2D eigenvalue weighted by Gasteiger charge is 2.20. The molecule has 1 saturated heterocycles. The Morgan fingerprint density at radius 3 is 2.56 bits per heavy atom. The minimum atomic E-state index is -0.499. The molecule has 0 atom stereocenters. The van der Waals surface area contributed by atoms with Crippen LogP contribution in [0.15, 0.2) is 73.3 Å². The summed E-state index contributed by atoms with van der Waals surface area (Å²) in [5.41, 5.74) is 10.2. The number of nitrogens with one attached hydrogen (secondary N) is 2. The Balaban J connectivity index is 1.18. The van der Waals surface area contributed by atoms with Crippen LogP contribution in [0.4, 0.5) is 22.0 Å². The molecule has 4 aromatic rings. The molecule has 210 valence electrons. The summed E-state index contributed by atoms with van der Waals surface area (Å²) < 4.78 is 10.7. The third kappa shape index (κ3) is 7.31. The van der Waals surface area contributed by atoms with Gasteiger partial charge in [-0.05, 0) is 29.7 Å². The molecule has 3 aromatic heterocycles. The monoisotopic (exact) mass is 554 g/mol. The summed E-state index contributed by atoms with van der Waals surface area (Å²) in [7, 11) is 0. The minimum Gasteiger partial charge on any atom is -0.445 e. The molecule has 1 aliphatic rings. The predicted octanol–water partition coefficient (Wildman–Crippen LogP) is 3.07. The van der Waals surface area contributed by atoms with Crippen LogP contribution in [0.25, 0.3) is 11.4 Å². The maximum absolute atomic E-state index is 13.2. The SMILES string of the molecule is Nc1ncc(-c2ccc(CCNC(=O)OCc3ccccc3)cn2)nc1C(=O)Nc1cnccc1N1CCOCC1. The number of benzene rings is 1. The molecule has 0 radical (unpaired) electrons. The average Bonchev–Trinajstić information content (AvgIpc) is 3.02. The van der Waals surface area contributed by atoms with Gasteiger partial charge in [-0.1, -0.05) is 36.4 Å². The van der Waals surface area contributed by atoms with Crippen molar-refractivity contribution in [1.29, 1.82) is 0 Å². The molecular formula is C29H30N8O4. The van der Waals surface area contributed by atoms with Crippen molar-refractivity contribution in [3.8, 4) is 11.4 Å². The lowest BCUT2D eigenvalue weighted by atomic mass is 10.2. The first kappa shape index (κ1) is 27.5. The molecule has 1 aliphatic heterocycles. The summed E-state index contributed by atoms with van der Waals surface area (Å²) in [4.78, 5) is 44.5. The van der Waals surface area contributed by atoms with Gasteiger partial charge < -0.3 is 30.7 Å². The van der Waals surface area contributed by atoms with Crippen LogP contribution in [0.3, 0.4) is 0 Å². The highest BCUT2D eigenvalue weighted by molar-refractivity contribution is 6.07. The number of nitrogens with zero attached hydrogens (tertiary/aromatic N) is 5. The maximum atomic E-state index is 13.2. The Morgan fingerprint density at radius 2 is 1.78 bits per heavy atom. The Labute approximate surface area is 237 Å². The average molecular weight is 555 g/mol. The number of hydrogen-bond donors (Lipinski definition) is 3. The lowest BCUT2D eigenvalue weighted by Crippen LogP contribution is -2.36. The van der Waals surface area contributed by atoms with Crippen molar-refractivity contribution < 1.29 is 19.1 Å². The minimum absolute atomic E-state index is 0.00454. The molecule has 4 heterocycles. The number of morpholine rings is 1. The van der Waals surface area contributed by atoms with E-state index in [1.807, 2.05) is 42.5 Å². The van der Waals surface area contributed by atoms with E-state index in [9.17, 15) is 9.59 Å². The van der Waals surface area contributed by atoms with Crippen LogP contribution in [0, 0.1) is 0 Å². The van der Waals surface area contributed by atoms with Gasteiger partial charge >= 0.3 is 6.09 Å². The first-order valence-corrected chi connectivity index (χ1v) is 13.2. The van der Waals surface area contributed by atoms with Crippen molar-refractivity contribution in [1.82, 2.24) is 25.3 Å². The number of alkyl carbamates (subject to hydrolysis) is 1. The van der Waals surface area contributed by atoms with Gasteiger partial charge in [-0.25, -0.2) is 14.8 Å². The molecule has 2 amide bonds. The van der Waals surface area contributed by atoms with Crippen molar-refractivity contribution >= 4 is 29.2 Å². The van der Waals surface area contributed by atoms with E-state index in [2.05, 4.69) is 35.5 Å². The van der Waals surface area contributed by atoms with E-state index in [4.69, 9.17) is 15.2 Å². The summed E-state index contributed by atoms with van der Waals surface area (Å²) >= 11 is 0. The molecule has 0 unspecified atom stereocenters. The number of amides is 2. The largest absolute Gasteiger partial charge is 0.445 e. The Hall–Kier alpha value is -5.10. The number of ether oxygens (including phenoxy) is 2. The predicted molar refractivity (Wildman–Crippen MR) is 153 cm³/mol. The maximum Gasteiger partial charge on any atom is 0.407 e. The van der Waals surface area contributed by atoms with Crippen LogP contribution < -0.4 is 21.3 Å². The van der Waals surface area contributed by atoms with E-state index >= 15 is 0 Å². The van der Waals surface area contributed by atoms with Crippen molar-refractivity contribution in [2.45, 2.75) is 13.0 Å². The first-order chi connectivity index (χ1) is 20.1. The van der Waals surface area contributed by atoms with E-state index < -0.39 is 12.0 Å². The van der Waals surface area contributed by atoms with Gasteiger partial charge in [0, 0.05) is 32.0 Å². The second-order valence-corrected chi connectivity index (χ2v) is 9.23. The fourth-order valence-electron chi connectivity index (χ4n) is 4.24. The molecule has 5 rings (SSSR count). The summed E-state index contributed by atoms with van der Waals surface area (Å²) in [6.45, 7) is 3.24. The molecule has 1 aromatic carbocycles. The number of pyridine rings is 2. The van der Waals surface area contributed by atoms with E-state index in [0.717, 1.165) is 16.8 Å². The Kier molecular flexibility index (Phi) is 8.91. The topological polar surface area (TPSA) is 157 Å². The third-order valence-electron chi connectivity index (χ3n) is 6.40. The molecule has 0 spiro atoms. The van der Waals surface area contributed by atoms with Crippen molar-refractivity contribution in [2.24, 2.45) is 0 Å². The molecule has 12 heteroatoms. The molecule has 0 bridgehead atoms. The van der Waals surface area contributed by atoms with Gasteiger partial charge in [0.2, 0.25) is 0 Å². The van der Waals surface area contributed by atoms with E-state index in [1.165, 1.54) is 6.20 Å². The molecule has 0 aliphatic carbocycles. The molecular weight excluding hydrogens is 524 g/mol. The molecule has 1 fully saturated rings. The normalized spacial score (nSPS) is 12.9. The van der Waals surface area contributed by atoms with Crippen LogP contribution in [0.1, 0.15) is 21.6 Å². The Bertz CT molecular complexity index is 1480. The van der Waals surface area contributed by atoms with Crippen molar-refractivity contribution in [3.05, 3.63) is 90.1 Å². The smallest absolute Gasteiger partial charge is 0.407 e.